The summed E-state index contributed by atoms with van der Waals surface area (Å²) in [6, 6.07) is 0. The summed E-state index contributed by atoms with van der Waals surface area (Å²) >= 11 is 0. The van der Waals surface area contributed by atoms with Crippen molar-refractivity contribution < 1.29 is 19.8 Å². The first kappa shape index (κ1) is 27.8. The molecule has 25 heavy (non-hydrogen) atoms. The molecule has 0 rings (SSSR count). The molecule has 144 valence electrons. The van der Waals surface area contributed by atoms with Crippen LogP contribution in [0.2, 0.25) is 0 Å². The van der Waals surface area contributed by atoms with Crippen LogP contribution >= 0.6 is 0 Å². The minimum absolute atomic E-state index is 0. The van der Waals surface area contributed by atoms with Crippen molar-refractivity contribution in [3.63, 3.8) is 0 Å². The van der Waals surface area contributed by atoms with Crippen LogP contribution in [0.15, 0.2) is 0 Å². The van der Waals surface area contributed by atoms with Gasteiger partial charge in [0.05, 0.1) is 0 Å². The standard InChI is InChI=1S/C20H38O4.K.H/c1-3-5-6-7-8-9-11-14-17(4-2)15-12-10-13-16-18(19(21)22)20(23)24;;/h17-18H,3-16H2,1-2H3,(H,21,22)(H,23,24);;. The summed E-state index contributed by atoms with van der Waals surface area (Å²) in [5.74, 6) is -2.89. The number of carbonyl (C=O) groups is 2. The molecular weight excluding hydrogens is 343 g/mol. The second-order valence-electron chi connectivity index (χ2n) is 7.05. The van der Waals surface area contributed by atoms with Crippen LogP contribution in [0.25, 0.3) is 0 Å². The predicted octanol–water partition coefficient (Wildman–Crippen LogP) is 5.24. The van der Waals surface area contributed by atoms with Gasteiger partial charge in [0, 0.05) is 0 Å². The van der Waals surface area contributed by atoms with E-state index >= 15 is 0 Å². The van der Waals surface area contributed by atoms with Crippen LogP contribution in [0, 0.1) is 11.8 Å². The van der Waals surface area contributed by atoms with Crippen LogP contribution in [-0.2, 0) is 9.59 Å². The van der Waals surface area contributed by atoms with Gasteiger partial charge < -0.3 is 10.2 Å². The third kappa shape index (κ3) is 16.5. The summed E-state index contributed by atoms with van der Waals surface area (Å²) in [7, 11) is 0. The summed E-state index contributed by atoms with van der Waals surface area (Å²) in [5, 5.41) is 17.7. The quantitative estimate of drug-likeness (QED) is 0.205. The van der Waals surface area contributed by atoms with Gasteiger partial charge in [-0.05, 0) is 12.3 Å². The summed E-state index contributed by atoms with van der Waals surface area (Å²) in [6.07, 6.45) is 16.1. The SMILES string of the molecule is CCCCCCCCCC(CC)CCCCCC(C(=O)O)C(=O)O.[KH]. The van der Waals surface area contributed by atoms with Gasteiger partial charge >= 0.3 is 63.3 Å². The Bertz CT molecular complexity index is 320. The molecule has 0 heterocycles. The normalized spacial score (nSPS) is 12.0. The summed E-state index contributed by atoms with van der Waals surface area (Å²) in [6.45, 7) is 4.49. The number of rotatable bonds is 17. The van der Waals surface area contributed by atoms with E-state index in [4.69, 9.17) is 10.2 Å². The summed E-state index contributed by atoms with van der Waals surface area (Å²) in [4.78, 5) is 21.6. The second-order valence-corrected chi connectivity index (χ2v) is 7.05. The van der Waals surface area contributed by atoms with Crippen molar-refractivity contribution in [3.05, 3.63) is 0 Å². The van der Waals surface area contributed by atoms with Crippen LogP contribution in [0.1, 0.15) is 104 Å². The zero-order chi connectivity index (χ0) is 18.2. The third-order valence-electron chi connectivity index (χ3n) is 4.99. The van der Waals surface area contributed by atoms with Crippen molar-refractivity contribution in [3.8, 4) is 0 Å². The number of hydrogen-bond acceptors (Lipinski definition) is 2. The third-order valence-corrected chi connectivity index (χ3v) is 4.99. The first-order valence-corrected chi connectivity index (χ1v) is 9.98. The van der Waals surface area contributed by atoms with E-state index in [0.717, 1.165) is 18.8 Å². The van der Waals surface area contributed by atoms with Crippen LogP contribution in [0.3, 0.4) is 0 Å². The Kier molecular flexibility index (Phi) is 21.5. The van der Waals surface area contributed by atoms with Gasteiger partial charge in [-0.3, -0.25) is 9.59 Å². The minimum atomic E-state index is -1.24. The Labute approximate surface area is 197 Å². The molecule has 0 saturated heterocycles. The Hall–Kier alpha value is 0.576. The molecule has 0 aliphatic heterocycles. The molecule has 0 amide bonds. The molecule has 0 aromatic rings. The molecule has 2 N–H and O–H groups in total. The molecule has 0 radical (unpaired) electrons. The first-order valence-electron chi connectivity index (χ1n) is 9.98. The van der Waals surface area contributed by atoms with E-state index in [1.807, 2.05) is 0 Å². The predicted molar refractivity (Wildman–Crippen MR) is 105 cm³/mol. The van der Waals surface area contributed by atoms with Gasteiger partial charge in [0.25, 0.3) is 0 Å². The molecule has 0 bridgehead atoms. The van der Waals surface area contributed by atoms with Crippen LogP contribution in [0.4, 0.5) is 0 Å². The fourth-order valence-corrected chi connectivity index (χ4v) is 3.25. The number of aliphatic carboxylic acids is 2. The molecule has 1 unspecified atom stereocenters. The molecule has 5 heteroatoms. The molecule has 0 aliphatic rings. The van der Waals surface area contributed by atoms with E-state index in [-0.39, 0.29) is 57.8 Å². The average Bonchev–Trinajstić information content (AvgIpc) is 2.54. The molecule has 0 spiro atoms. The molecule has 4 nitrogen and oxygen atoms in total. The number of carboxylic acids is 2. The first-order chi connectivity index (χ1) is 11.5. The van der Waals surface area contributed by atoms with Gasteiger partial charge in [-0.2, -0.15) is 0 Å². The number of unbranched alkanes of at least 4 members (excludes halogenated alkanes) is 8. The van der Waals surface area contributed by atoms with Gasteiger partial charge in [-0.25, -0.2) is 0 Å². The van der Waals surface area contributed by atoms with E-state index in [0.29, 0.717) is 6.42 Å². The summed E-state index contributed by atoms with van der Waals surface area (Å²) < 4.78 is 0. The Balaban J connectivity index is 0. The van der Waals surface area contributed by atoms with Crippen molar-refractivity contribution in [2.75, 3.05) is 0 Å². The molecule has 0 aliphatic carbocycles. The van der Waals surface area contributed by atoms with E-state index in [1.54, 1.807) is 0 Å². The van der Waals surface area contributed by atoms with Crippen molar-refractivity contribution in [2.45, 2.75) is 104 Å². The monoisotopic (exact) mass is 382 g/mol. The van der Waals surface area contributed by atoms with Gasteiger partial charge in [0.1, 0.15) is 0 Å². The Morgan fingerprint density at radius 2 is 1.08 bits per heavy atom. The number of hydrogen-bond donors (Lipinski definition) is 2. The van der Waals surface area contributed by atoms with E-state index < -0.39 is 17.9 Å². The molecular formula is C20H39KO4. The summed E-state index contributed by atoms with van der Waals surface area (Å²) in [5.41, 5.74) is 0. The van der Waals surface area contributed by atoms with Crippen molar-refractivity contribution in [1.29, 1.82) is 0 Å². The average molecular weight is 383 g/mol. The second kappa shape index (κ2) is 19.3. The maximum atomic E-state index is 10.8. The van der Waals surface area contributed by atoms with Gasteiger partial charge in [0.2, 0.25) is 0 Å². The van der Waals surface area contributed by atoms with E-state index in [9.17, 15) is 9.59 Å². The fourth-order valence-electron chi connectivity index (χ4n) is 3.25. The maximum absolute atomic E-state index is 10.8. The van der Waals surface area contributed by atoms with Gasteiger partial charge in [0.15, 0.2) is 5.92 Å². The fraction of sp³-hybridized carbons (Fsp3) is 0.900. The van der Waals surface area contributed by atoms with Gasteiger partial charge in [-0.1, -0.05) is 97.3 Å². The van der Waals surface area contributed by atoms with Crippen molar-refractivity contribution in [1.82, 2.24) is 0 Å². The molecule has 0 fully saturated rings. The van der Waals surface area contributed by atoms with Crippen LogP contribution in [-0.4, -0.2) is 73.5 Å². The topological polar surface area (TPSA) is 74.6 Å². The van der Waals surface area contributed by atoms with Crippen LogP contribution < -0.4 is 0 Å². The van der Waals surface area contributed by atoms with Gasteiger partial charge in [-0.15, -0.1) is 0 Å². The molecule has 1 atom stereocenters. The van der Waals surface area contributed by atoms with Crippen molar-refractivity contribution in [2.24, 2.45) is 11.8 Å². The zero-order valence-corrected chi connectivity index (χ0v) is 15.8. The van der Waals surface area contributed by atoms with E-state index in [2.05, 4.69) is 13.8 Å². The Morgan fingerprint density at radius 1 is 0.680 bits per heavy atom. The number of carboxylic acid groups (broad SMARTS) is 2. The Morgan fingerprint density at radius 3 is 1.52 bits per heavy atom. The zero-order valence-electron chi connectivity index (χ0n) is 15.8. The molecule has 0 aromatic carbocycles. The molecule has 0 aromatic heterocycles. The van der Waals surface area contributed by atoms with E-state index in [1.165, 1.54) is 64.2 Å². The van der Waals surface area contributed by atoms with Crippen LogP contribution in [0.5, 0.6) is 0 Å². The van der Waals surface area contributed by atoms with Crippen molar-refractivity contribution >= 4 is 63.3 Å². The molecule has 0 saturated carbocycles.